The van der Waals surface area contributed by atoms with Gasteiger partial charge in [-0.05, 0) is 26.2 Å². The molecule has 1 aliphatic rings. The van der Waals surface area contributed by atoms with E-state index in [1.54, 1.807) is 6.92 Å². The predicted molar refractivity (Wildman–Crippen MR) is 62.1 cm³/mol. The number of aryl methyl sites for hydroxylation is 1. The highest BCUT2D eigenvalue weighted by Crippen LogP contribution is 2.46. The summed E-state index contributed by atoms with van der Waals surface area (Å²) >= 11 is 0. The van der Waals surface area contributed by atoms with Crippen molar-refractivity contribution in [1.82, 2.24) is 9.97 Å². The molecule has 0 unspecified atom stereocenters. The third-order valence-electron chi connectivity index (χ3n) is 3.10. The largest absolute Gasteiger partial charge is 0.368 e. The van der Waals surface area contributed by atoms with Crippen molar-refractivity contribution in [2.45, 2.75) is 45.4 Å². The summed E-state index contributed by atoms with van der Waals surface area (Å²) in [6.45, 7) is 6.61. The Hall–Kier alpha value is -1.19. The van der Waals surface area contributed by atoms with E-state index >= 15 is 0 Å². The number of rotatable bonds is 4. The van der Waals surface area contributed by atoms with Crippen LogP contribution in [-0.2, 0) is 5.41 Å². The molecule has 1 fully saturated rings. The minimum atomic E-state index is -0.318. The van der Waals surface area contributed by atoms with Crippen LogP contribution in [0.25, 0.3) is 0 Å². The lowest BCUT2D eigenvalue weighted by Gasteiger charge is -2.12. The molecule has 16 heavy (non-hydrogen) atoms. The number of nitrogens with zero attached hydrogens (tertiary/aromatic N) is 2. The molecule has 3 nitrogen and oxygen atoms in total. The van der Waals surface area contributed by atoms with Crippen LogP contribution in [0.3, 0.4) is 0 Å². The molecule has 0 bridgehead atoms. The van der Waals surface area contributed by atoms with Crippen molar-refractivity contribution in [3.8, 4) is 0 Å². The molecule has 0 aromatic carbocycles. The van der Waals surface area contributed by atoms with Crippen molar-refractivity contribution in [1.29, 1.82) is 0 Å². The first kappa shape index (κ1) is 11.3. The maximum absolute atomic E-state index is 13.7. The first-order chi connectivity index (χ1) is 7.57. The van der Waals surface area contributed by atoms with E-state index in [0.29, 0.717) is 11.5 Å². The first-order valence-electron chi connectivity index (χ1n) is 5.85. The molecule has 0 saturated heterocycles. The van der Waals surface area contributed by atoms with Crippen LogP contribution >= 0.6 is 0 Å². The van der Waals surface area contributed by atoms with Crippen LogP contribution in [0.4, 0.5) is 10.2 Å². The van der Waals surface area contributed by atoms with Crippen LogP contribution in [0.15, 0.2) is 0 Å². The average molecular weight is 223 g/mol. The van der Waals surface area contributed by atoms with Gasteiger partial charge in [0.1, 0.15) is 5.82 Å². The van der Waals surface area contributed by atoms with Gasteiger partial charge in [-0.15, -0.1) is 0 Å². The average Bonchev–Trinajstić information content (AvgIpc) is 3.00. The van der Waals surface area contributed by atoms with Gasteiger partial charge < -0.3 is 5.32 Å². The lowest BCUT2D eigenvalue weighted by Crippen LogP contribution is -2.14. The quantitative estimate of drug-likeness (QED) is 0.853. The van der Waals surface area contributed by atoms with Crippen molar-refractivity contribution in [2.24, 2.45) is 0 Å². The third-order valence-corrected chi connectivity index (χ3v) is 3.10. The standard InChI is InChI=1S/C12H18FN3/c1-4-7-14-10-9(13)8(2)15-11(16-10)12(3)5-6-12/h4-7H2,1-3H3,(H,14,15,16). The minimum Gasteiger partial charge on any atom is -0.368 e. The summed E-state index contributed by atoms with van der Waals surface area (Å²) in [6, 6.07) is 0. The van der Waals surface area contributed by atoms with Crippen LogP contribution < -0.4 is 5.32 Å². The molecule has 2 rings (SSSR count). The van der Waals surface area contributed by atoms with Crippen LogP contribution in [0, 0.1) is 12.7 Å². The normalized spacial score (nSPS) is 17.2. The van der Waals surface area contributed by atoms with Gasteiger partial charge in [-0.1, -0.05) is 13.8 Å². The SMILES string of the molecule is CCCNc1nc(C2(C)CC2)nc(C)c1F. The number of nitrogens with one attached hydrogen (secondary N) is 1. The molecular weight excluding hydrogens is 205 g/mol. The molecule has 0 spiro atoms. The van der Waals surface area contributed by atoms with E-state index < -0.39 is 0 Å². The van der Waals surface area contributed by atoms with Crippen LogP contribution in [0.5, 0.6) is 0 Å². The maximum atomic E-state index is 13.7. The lowest BCUT2D eigenvalue weighted by molar-refractivity contribution is 0.588. The van der Waals surface area contributed by atoms with Gasteiger partial charge in [0.05, 0.1) is 5.69 Å². The topological polar surface area (TPSA) is 37.8 Å². The zero-order valence-corrected chi connectivity index (χ0v) is 10.1. The molecule has 0 atom stereocenters. The Morgan fingerprint density at radius 1 is 1.38 bits per heavy atom. The Morgan fingerprint density at radius 2 is 2.06 bits per heavy atom. The van der Waals surface area contributed by atoms with Crippen LogP contribution in [0.2, 0.25) is 0 Å². The molecule has 0 aliphatic heterocycles. The van der Waals surface area contributed by atoms with E-state index in [4.69, 9.17) is 0 Å². The maximum Gasteiger partial charge on any atom is 0.186 e. The van der Waals surface area contributed by atoms with E-state index in [1.165, 1.54) is 0 Å². The molecule has 1 saturated carbocycles. The molecule has 0 radical (unpaired) electrons. The Morgan fingerprint density at radius 3 is 2.62 bits per heavy atom. The number of anilines is 1. The fourth-order valence-corrected chi connectivity index (χ4v) is 1.60. The molecule has 1 N–H and O–H groups in total. The lowest BCUT2D eigenvalue weighted by atomic mass is 10.1. The number of hydrogen-bond acceptors (Lipinski definition) is 3. The van der Waals surface area contributed by atoms with Crippen LogP contribution in [-0.4, -0.2) is 16.5 Å². The van der Waals surface area contributed by atoms with Gasteiger partial charge in [0.2, 0.25) is 0 Å². The monoisotopic (exact) mass is 223 g/mol. The fraction of sp³-hybridized carbons (Fsp3) is 0.667. The predicted octanol–water partition coefficient (Wildman–Crippen LogP) is 2.80. The smallest absolute Gasteiger partial charge is 0.186 e. The number of halogens is 1. The summed E-state index contributed by atoms with van der Waals surface area (Å²) in [6.07, 6.45) is 3.16. The highest BCUT2D eigenvalue weighted by Gasteiger charge is 2.42. The first-order valence-corrected chi connectivity index (χ1v) is 5.85. The van der Waals surface area contributed by atoms with Gasteiger partial charge in [-0.2, -0.15) is 0 Å². The summed E-state index contributed by atoms with van der Waals surface area (Å²) in [7, 11) is 0. The van der Waals surface area contributed by atoms with Crippen molar-refractivity contribution < 1.29 is 4.39 Å². The van der Waals surface area contributed by atoms with Gasteiger partial charge in [0, 0.05) is 12.0 Å². The Labute approximate surface area is 95.5 Å². The number of aromatic nitrogens is 2. The summed E-state index contributed by atoms with van der Waals surface area (Å²) in [5.41, 5.74) is 0.526. The summed E-state index contributed by atoms with van der Waals surface area (Å²) < 4.78 is 13.7. The molecule has 1 aromatic rings. The zero-order chi connectivity index (χ0) is 11.8. The van der Waals surface area contributed by atoms with Crippen molar-refractivity contribution in [3.63, 3.8) is 0 Å². The van der Waals surface area contributed by atoms with Crippen molar-refractivity contribution in [2.75, 3.05) is 11.9 Å². The Kier molecular flexibility index (Phi) is 2.82. The van der Waals surface area contributed by atoms with Crippen LogP contribution in [0.1, 0.15) is 44.6 Å². The minimum absolute atomic E-state index is 0.0844. The van der Waals surface area contributed by atoms with Gasteiger partial charge in [0.15, 0.2) is 11.6 Å². The van der Waals surface area contributed by atoms with E-state index in [9.17, 15) is 4.39 Å². The molecule has 1 aromatic heterocycles. The Balaban J connectivity index is 2.31. The van der Waals surface area contributed by atoms with Gasteiger partial charge >= 0.3 is 0 Å². The molecule has 88 valence electrons. The molecule has 1 heterocycles. The molecular formula is C12H18FN3. The number of hydrogen-bond donors (Lipinski definition) is 1. The molecule has 0 amide bonds. The van der Waals surface area contributed by atoms with Gasteiger partial charge in [-0.25, -0.2) is 14.4 Å². The van der Waals surface area contributed by atoms with E-state index in [0.717, 1.165) is 31.6 Å². The van der Waals surface area contributed by atoms with E-state index in [-0.39, 0.29) is 11.2 Å². The van der Waals surface area contributed by atoms with Crippen molar-refractivity contribution >= 4 is 5.82 Å². The highest BCUT2D eigenvalue weighted by molar-refractivity contribution is 5.39. The highest BCUT2D eigenvalue weighted by atomic mass is 19.1. The Bertz CT molecular complexity index is 399. The van der Waals surface area contributed by atoms with Gasteiger partial charge in [-0.3, -0.25) is 0 Å². The summed E-state index contributed by atoms with van der Waals surface area (Å²) in [5.74, 6) is 0.823. The van der Waals surface area contributed by atoms with Gasteiger partial charge in [0.25, 0.3) is 0 Å². The van der Waals surface area contributed by atoms with Crippen molar-refractivity contribution in [3.05, 3.63) is 17.3 Å². The van der Waals surface area contributed by atoms with E-state index in [2.05, 4.69) is 22.2 Å². The third kappa shape index (κ3) is 2.01. The molecule has 4 heteroatoms. The second kappa shape index (κ2) is 4.00. The second-order valence-corrected chi connectivity index (χ2v) is 4.78. The van der Waals surface area contributed by atoms with E-state index in [1.807, 2.05) is 6.92 Å². The second-order valence-electron chi connectivity index (χ2n) is 4.78. The zero-order valence-electron chi connectivity index (χ0n) is 10.1. The summed E-state index contributed by atoms with van der Waals surface area (Å²) in [4.78, 5) is 8.56. The summed E-state index contributed by atoms with van der Waals surface area (Å²) in [5, 5.41) is 3.02. The molecule has 1 aliphatic carbocycles. The fourth-order valence-electron chi connectivity index (χ4n) is 1.60.